The average Bonchev–Trinajstić information content (AvgIpc) is 3.25. The number of aliphatic carboxylic acids is 1. The lowest BCUT2D eigenvalue weighted by molar-refractivity contribution is -0.142. The second-order valence-corrected chi connectivity index (χ2v) is 7.54. The molecule has 0 bridgehead atoms. The maximum Gasteiger partial charge on any atom is 0.326 e. The second kappa shape index (κ2) is 13.6. The van der Waals surface area contributed by atoms with E-state index in [2.05, 4.69) is 25.9 Å². The predicted octanol–water partition coefficient (Wildman–Crippen LogP) is -3.44. The number of carbonyl (C=O) groups is 4. The fourth-order valence-electron chi connectivity index (χ4n) is 2.40. The highest BCUT2D eigenvalue weighted by Crippen LogP contribution is 2.01. The van der Waals surface area contributed by atoms with E-state index in [4.69, 9.17) is 5.73 Å². The Labute approximate surface area is 182 Å². The number of amides is 3. The van der Waals surface area contributed by atoms with Crippen molar-refractivity contribution in [2.45, 2.75) is 37.0 Å². The molecule has 0 aliphatic carbocycles. The highest BCUT2D eigenvalue weighted by atomic mass is 32.2. The summed E-state index contributed by atoms with van der Waals surface area (Å²) in [6.45, 7) is -1.61. The number of H-pyrrole nitrogens is 1. The van der Waals surface area contributed by atoms with E-state index in [9.17, 15) is 34.5 Å². The largest absolute Gasteiger partial charge is 0.480 e. The van der Waals surface area contributed by atoms with E-state index < -0.39 is 61.1 Å². The zero-order valence-electron chi connectivity index (χ0n) is 16.9. The maximum atomic E-state index is 12.4. The summed E-state index contributed by atoms with van der Waals surface area (Å²) in [5.41, 5.74) is 6.17. The van der Waals surface area contributed by atoms with Crippen LogP contribution in [0.2, 0.25) is 0 Å². The van der Waals surface area contributed by atoms with Crippen molar-refractivity contribution in [1.82, 2.24) is 25.9 Å². The summed E-state index contributed by atoms with van der Waals surface area (Å²) in [7, 11) is 0. The Morgan fingerprint density at radius 3 is 2.06 bits per heavy atom. The van der Waals surface area contributed by atoms with Gasteiger partial charge in [-0.3, -0.25) is 14.4 Å². The number of aliphatic hydroxyl groups excluding tert-OH is 2. The van der Waals surface area contributed by atoms with Gasteiger partial charge in [0.1, 0.15) is 18.1 Å². The Morgan fingerprint density at radius 1 is 1.06 bits per heavy atom. The molecule has 1 heterocycles. The SMILES string of the molecule is CSCCC(N)C(=O)NC(CO)C(=O)NC(CO)C(=O)NC(Cc1cnc[nH]1)C(=O)O. The number of aromatic nitrogens is 2. The minimum absolute atomic E-state index is 0.101. The molecule has 0 saturated carbocycles. The number of carboxylic acids is 1. The van der Waals surface area contributed by atoms with E-state index in [1.165, 1.54) is 24.3 Å². The van der Waals surface area contributed by atoms with Gasteiger partial charge in [-0.25, -0.2) is 9.78 Å². The Hall–Kier alpha value is -2.68. The van der Waals surface area contributed by atoms with Crippen LogP contribution >= 0.6 is 11.8 Å². The van der Waals surface area contributed by atoms with Crippen molar-refractivity contribution in [3.05, 3.63) is 18.2 Å². The Bertz CT molecular complexity index is 733. The molecule has 1 rings (SSSR count). The first-order valence-corrected chi connectivity index (χ1v) is 10.7. The summed E-state index contributed by atoms with van der Waals surface area (Å²) in [5.74, 6) is -3.25. The predicted molar refractivity (Wildman–Crippen MR) is 111 cm³/mol. The number of carbonyl (C=O) groups excluding carboxylic acids is 3. The summed E-state index contributed by atoms with van der Waals surface area (Å²) < 4.78 is 0. The highest BCUT2D eigenvalue weighted by Gasteiger charge is 2.30. The van der Waals surface area contributed by atoms with Gasteiger partial charge in [-0.1, -0.05) is 0 Å². The van der Waals surface area contributed by atoms with Crippen LogP contribution in [0.1, 0.15) is 12.1 Å². The molecule has 0 aliphatic heterocycles. The van der Waals surface area contributed by atoms with Gasteiger partial charge >= 0.3 is 5.97 Å². The third-order valence-electron chi connectivity index (χ3n) is 4.19. The van der Waals surface area contributed by atoms with E-state index in [0.29, 0.717) is 17.9 Å². The zero-order chi connectivity index (χ0) is 23.4. The molecule has 0 saturated heterocycles. The number of carboxylic acid groups (broad SMARTS) is 1. The average molecular weight is 461 g/mol. The molecule has 13 nitrogen and oxygen atoms in total. The fourth-order valence-corrected chi connectivity index (χ4v) is 2.89. The van der Waals surface area contributed by atoms with Crippen LogP contribution in [0, 0.1) is 0 Å². The van der Waals surface area contributed by atoms with Crippen LogP contribution in [0.15, 0.2) is 12.5 Å². The Morgan fingerprint density at radius 2 is 1.61 bits per heavy atom. The van der Waals surface area contributed by atoms with Crippen LogP contribution < -0.4 is 21.7 Å². The van der Waals surface area contributed by atoms with Crippen LogP contribution in [0.4, 0.5) is 0 Å². The number of nitrogens with one attached hydrogen (secondary N) is 4. The first-order valence-electron chi connectivity index (χ1n) is 9.30. The molecule has 14 heteroatoms. The molecule has 4 atom stereocenters. The smallest absolute Gasteiger partial charge is 0.326 e. The van der Waals surface area contributed by atoms with Crippen LogP contribution in [0.5, 0.6) is 0 Å². The van der Waals surface area contributed by atoms with Gasteiger partial charge in [0, 0.05) is 18.3 Å². The van der Waals surface area contributed by atoms with E-state index in [1.807, 2.05) is 6.26 Å². The molecule has 9 N–H and O–H groups in total. The molecule has 1 aromatic heterocycles. The number of hydrogen-bond acceptors (Lipinski definition) is 9. The lowest BCUT2D eigenvalue weighted by Crippen LogP contribution is -2.59. The van der Waals surface area contributed by atoms with Gasteiger partial charge in [0.25, 0.3) is 0 Å². The van der Waals surface area contributed by atoms with Crippen molar-refractivity contribution in [2.75, 3.05) is 25.2 Å². The van der Waals surface area contributed by atoms with E-state index >= 15 is 0 Å². The molecule has 0 radical (unpaired) electrons. The van der Waals surface area contributed by atoms with Crippen LogP contribution in [-0.4, -0.2) is 98.4 Å². The normalized spacial score (nSPS) is 14.7. The minimum atomic E-state index is -1.51. The van der Waals surface area contributed by atoms with Gasteiger partial charge < -0.3 is 42.0 Å². The quantitative estimate of drug-likeness (QED) is 0.137. The zero-order valence-corrected chi connectivity index (χ0v) is 17.7. The van der Waals surface area contributed by atoms with E-state index in [-0.39, 0.29) is 6.42 Å². The van der Waals surface area contributed by atoms with Crippen molar-refractivity contribution >= 4 is 35.5 Å². The van der Waals surface area contributed by atoms with Crippen molar-refractivity contribution in [1.29, 1.82) is 0 Å². The number of nitrogens with zero attached hydrogens (tertiary/aromatic N) is 1. The second-order valence-electron chi connectivity index (χ2n) is 6.56. The molecule has 0 spiro atoms. The Balaban J connectivity index is 2.70. The third-order valence-corrected chi connectivity index (χ3v) is 4.84. The highest BCUT2D eigenvalue weighted by molar-refractivity contribution is 7.98. The number of thioether (sulfide) groups is 1. The van der Waals surface area contributed by atoms with Gasteiger partial charge in [-0.05, 0) is 18.4 Å². The van der Waals surface area contributed by atoms with Crippen LogP contribution in [0.3, 0.4) is 0 Å². The minimum Gasteiger partial charge on any atom is -0.480 e. The van der Waals surface area contributed by atoms with Crippen LogP contribution in [0.25, 0.3) is 0 Å². The molecule has 31 heavy (non-hydrogen) atoms. The first kappa shape index (κ1) is 26.4. The molecule has 0 fully saturated rings. The summed E-state index contributed by atoms with van der Waals surface area (Å²) >= 11 is 1.49. The molecule has 1 aromatic rings. The molecule has 4 unspecified atom stereocenters. The van der Waals surface area contributed by atoms with Gasteiger partial charge in [0.2, 0.25) is 17.7 Å². The fraction of sp³-hybridized carbons (Fsp3) is 0.588. The van der Waals surface area contributed by atoms with E-state index in [0.717, 1.165) is 0 Å². The number of aliphatic hydroxyl groups is 2. The van der Waals surface area contributed by atoms with Crippen molar-refractivity contribution < 1.29 is 34.5 Å². The maximum absolute atomic E-state index is 12.4. The summed E-state index contributed by atoms with van der Waals surface area (Å²) in [6, 6.07) is -5.14. The number of hydrogen-bond donors (Lipinski definition) is 8. The third kappa shape index (κ3) is 8.92. The Kier molecular flexibility index (Phi) is 11.6. The molecular weight excluding hydrogens is 432 g/mol. The van der Waals surface area contributed by atoms with E-state index in [1.54, 1.807) is 0 Å². The summed E-state index contributed by atoms with van der Waals surface area (Å²) in [4.78, 5) is 54.6. The monoisotopic (exact) mass is 460 g/mol. The van der Waals surface area contributed by atoms with Crippen molar-refractivity contribution in [3.63, 3.8) is 0 Å². The number of rotatable bonds is 14. The van der Waals surface area contributed by atoms with Crippen LogP contribution in [-0.2, 0) is 25.6 Å². The number of imidazole rings is 1. The topological polar surface area (TPSA) is 220 Å². The summed E-state index contributed by atoms with van der Waals surface area (Å²) in [5, 5.41) is 34.9. The number of aromatic amines is 1. The molecular formula is C17H28N6O7S. The first-order chi connectivity index (χ1) is 14.7. The lowest BCUT2D eigenvalue weighted by Gasteiger charge is -2.23. The van der Waals surface area contributed by atoms with Gasteiger partial charge in [-0.15, -0.1) is 0 Å². The lowest BCUT2D eigenvalue weighted by atomic mass is 10.1. The van der Waals surface area contributed by atoms with Gasteiger partial charge in [0.05, 0.1) is 25.6 Å². The molecule has 3 amide bonds. The summed E-state index contributed by atoms with van der Waals surface area (Å²) in [6.07, 6.45) is 4.85. The standard InChI is InChI=1S/C17H28N6O7S/c1-31-3-2-10(18)14(26)22-12(6-24)16(28)23-13(7-25)15(27)21-11(17(29)30)4-9-5-19-8-20-9/h5,8,10-13,24-25H,2-4,6-7,18H2,1H3,(H,19,20)(H,21,27)(H,22,26)(H,23,28)(H,29,30). The van der Waals surface area contributed by atoms with Crippen molar-refractivity contribution in [3.8, 4) is 0 Å². The van der Waals surface area contributed by atoms with Crippen molar-refractivity contribution in [2.24, 2.45) is 5.73 Å². The van der Waals surface area contributed by atoms with Gasteiger partial charge in [0.15, 0.2) is 0 Å². The van der Waals surface area contributed by atoms with Gasteiger partial charge in [-0.2, -0.15) is 11.8 Å². The molecule has 174 valence electrons. The number of nitrogens with two attached hydrogens (primary N) is 1. The molecule has 0 aliphatic rings. The molecule has 0 aromatic carbocycles.